The van der Waals surface area contributed by atoms with Crippen molar-refractivity contribution >= 4 is 17.7 Å². The number of amides is 1. The van der Waals surface area contributed by atoms with Crippen molar-refractivity contribution in [1.82, 2.24) is 9.80 Å². The molecule has 0 radical (unpaired) electrons. The molecule has 4 rings (SSSR count). The number of thioether (sulfide) groups is 1. The maximum absolute atomic E-state index is 12.9. The molecule has 5 heteroatoms. The SMILES string of the molecule is Cc1ccc2c(c1)SC(C(=O)N1CCN(CCOc3ccccc3)CC1)C2. The molecule has 2 aliphatic heterocycles. The predicted octanol–water partition coefficient (Wildman–Crippen LogP) is 3.24. The number of rotatable bonds is 5. The predicted molar refractivity (Wildman–Crippen MR) is 109 cm³/mol. The van der Waals surface area contributed by atoms with E-state index < -0.39 is 0 Å². The Kier molecular flexibility index (Phi) is 5.69. The zero-order valence-corrected chi connectivity index (χ0v) is 16.6. The van der Waals surface area contributed by atoms with Gasteiger partial charge in [0.2, 0.25) is 5.91 Å². The molecule has 0 bridgehead atoms. The van der Waals surface area contributed by atoms with Crippen LogP contribution < -0.4 is 4.74 Å². The number of para-hydroxylation sites is 1. The van der Waals surface area contributed by atoms with E-state index in [0.717, 1.165) is 44.9 Å². The van der Waals surface area contributed by atoms with Crippen molar-refractivity contribution < 1.29 is 9.53 Å². The van der Waals surface area contributed by atoms with Gasteiger partial charge in [-0.3, -0.25) is 9.69 Å². The van der Waals surface area contributed by atoms with Gasteiger partial charge in [0, 0.05) is 37.6 Å². The van der Waals surface area contributed by atoms with Crippen molar-refractivity contribution in [3.05, 3.63) is 59.7 Å². The van der Waals surface area contributed by atoms with Crippen LogP contribution in [0.5, 0.6) is 5.75 Å². The molecule has 2 aliphatic rings. The molecule has 4 nitrogen and oxygen atoms in total. The summed E-state index contributed by atoms with van der Waals surface area (Å²) < 4.78 is 5.78. The third-order valence-electron chi connectivity index (χ3n) is 5.28. The molecular formula is C22H26N2O2S. The van der Waals surface area contributed by atoms with Gasteiger partial charge in [0.25, 0.3) is 0 Å². The minimum Gasteiger partial charge on any atom is -0.492 e. The summed E-state index contributed by atoms with van der Waals surface area (Å²) in [6.45, 7) is 7.18. The zero-order valence-electron chi connectivity index (χ0n) is 15.8. The van der Waals surface area contributed by atoms with Gasteiger partial charge in [0.15, 0.2) is 0 Å². The Bertz CT molecular complexity index is 788. The molecule has 1 fully saturated rings. The van der Waals surface area contributed by atoms with E-state index in [0.29, 0.717) is 12.5 Å². The maximum Gasteiger partial charge on any atom is 0.236 e. The molecule has 2 aromatic rings. The molecule has 0 aromatic heterocycles. The topological polar surface area (TPSA) is 32.8 Å². The molecule has 0 aliphatic carbocycles. The summed E-state index contributed by atoms with van der Waals surface area (Å²) >= 11 is 1.74. The van der Waals surface area contributed by atoms with Crippen molar-refractivity contribution in [2.45, 2.75) is 23.5 Å². The maximum atomic E-state index is 12.9. The first kappa shape index (κ1) is 18.4. The Hall–Kier alpha value is -1.98. The van der Waals surface area contributed by atoms with E-state index in [4.69, 9.17) is 4.74 Å². The number of aryl methyl sites for hydroxylation is 1. The Morgan fingerprint density at radius 1 is 1.11 bits per heavy atom. The fourth-order valence-electron chi connectivity index (χ4n) is 3.68. The highest BCUT2D eigenvalue weighted by atomic mass is 32.2. The lowest BCUT2D eigenvalue weighted by Crippen LogP contribution is -2.51. The van der Waals surface area contributed by atoms with E-state index in [-0.39, 0.29) is 5.25 Å². The molecule has 142 valence electrons. The van der Waals surface area contributed by atoms with Crippen LogP contribution in [0.15, 0.2) is 53.4 Å². The molecule has 1 unspecified atom stereocenters. The largest absolute Gasteiger partial charge is 0.492 e. The molecule has 1 atom stereocenters. The van der Waals surface area contributed by atoms with Crippen molar-refractivity contribution in [2.24, 2.45) is 0 Å². The molecule has 1 saturated heterocycles. The standard InChI is InChI=1S/C22H26N2O2S/c1-17-7-8-18-16-21(27-20(18)15-17)22(25)24-11-9-23(10-12-24)13-14-26-19-5-3-2-4-6-19/h2-8,15,21H,9-14,16H2,1H3. The average Bonchev–Trinajstić information content (AvgIpc) is 3.12. The van der Waals surface area contributed by atoms with Crippen LogP contribution in [0.4, 0.5) is 0 Å². The summed E-state index contributed by atoms with van der Waals surface area (Å²) in [7, 11) is 0. The fourth-order valence-corrected chi connectivity index (χ4v) is 5.05. The van der Waals surface area contributed by atoms with Crippen LogP contribution in [0, 0.1) is 6.92 Å². The third kappa shape index (κ3) is 4.47. The van der Waals surface area contributed by atoms with Crippen molar-refractivity contribution in [3.8, 4) is 5.75 Å². The van der Waals surface area contributed by atoms with E-state index in [9.17, 15) is 4.79 Å². The number of carbonyl (C=O) groups is 1. The first-order valence-electron chi connectivity index (χ1n) is 9.64. The second kappa shape index (κ2) is 8.36. The highest BCUT2D eigenvalue weighted by Crippen LogP contribution is 2.38. The summed E-state index contributed by atoms with van der Waals surface area (Å²) in [5, 5.41) is 0.0507. The van der Waals surface area contributed by atoms with Crippen LogP contribution in [-0.2, 0) is 11.2 Å². The van der Waals surface area contributed by atoms with Crippen molar-refractivity contribution in [2.75, 3.05) is 39.3 Å². The minimum absolute atomic E-state index is 0.0507. The van der Waals surface area contributed by atoms with Gasteiger partial charge in [-0.1, -0.05) is 35.9 Å². The highest BCUT2D eigenvalue weighted by Gasteiger charge is 2.32. The van der Waals surface area contributed by atoms with Crippen molar-refractivity contribution in [1.29, 1.82) is 0 Å². The summed E-state index contributed by atoms with van der Waals surface area (Å²) in [6, 6.07) is 16.5. The Morgan fingerprint density at radius 3 is 2.67 bits per heavy atom. The van der Waals surface area contributed by atoms with Gasteiger partial charge in [-0.15, -0.1) is 11.8 Å². The Labute approximate surface area is 165 Å². The number of piperazine rings is 1. The van der Waals surface area contributed by atoms with Crippen LogP contribution in [0.2, 0.25) is 0 Å². The molecule has 1 amide bonds. The number of hydrogen-bond donors (Lipinski definition) is 0. The molecule has 27 heavy (non-hydrogen) atoms. The summed E-state index contributed by atoms with van der Waals surface area (Å²) in [5.41, 5.74) is 2.58. The van der Waals surface area contributed by atoms with E-state index in [1.807, 2.05) is 35.2 Å². The second-order valence-corrected chi connectivity index (χ2v) is 8.49. The van der Waals surface area contributed by atoms with E-state index in [2.05, 4.69) is 30.0 Å². The first-order chi connectivity index (χ1) is 13.2. The fraction of sp³-hybridized carbons (Fsp3) is 0.409. The zero-order chi connectivity index (χ0) is 18.6. The smallest absolute Gasteiger partial charge is 0.236 e. The van der Waals surface area contributed by atoms with Gasteiger partial charge in [-0.2, -0.15) is 0 Å². The molecule has 2 aromatic carbocycles. The monoisotopic (exact) mass is 382 g/mol. The van der Waals surface area contributed by atoms with Crippen LogP contribution in [-0.4, -0.2) is 60.3 Å². The quantitative estimate of drug-likeness (QED) is 0.795. The number of benzene rings is 2. The van der Waals surface area contributed by atoms with Crippen LogP contribution in [0.1, 0.15) is 11.1 Å². The van der Waals surface area contributed by atoms with Gasteiger partial charge in [-0.05, 0) is 37.1 Å². The van der Waals surface area contributed by atoms with Crippen molar-refractivity contribution in [3.63, 3.8) is 0 Å². The third-order valence-corrected chi connectivity index (χ3v) is 6.56. The number of carbonyl (C=O) groups excluding carboxylic acids is 1. The number of nitrogens with zero attached hydrogens (tertiary/aromatic N) is 2. The highest BCUT2D eigenvalue weighted by molar-refractivity contribution is 8.01. The average molecular weight is 383 g/mol. The summed E-state index contributed by atoms with van der Waals surface area (Å²) in [4.78, 5) is 18.6. The lowest BCUT2D eigenvalue weighted by Gasteiger charge is -2.35. The van der Waals surface area contributed by atoms with E-state index in [1.54, 1.807) is 11.8 Å². The number of fused-ring (bicyclic) bond motifs is 1. The minimum atomic E-state index is 0.0507. The van der Waals surface area contributed by atoms with E-state index in [1.165, 1.54) is 16.0 Å². The number of hydrogen-bond acceptors (Lipinski definition) is 4. The van der Waals surface area contributed by atoms with Gasteiger partial charge in [0.1, 0.15) is 12.4 Å². The molecule has 0 spiro atoms. The van der Waals surface area contributed by atoms with Crippen LogP contribution in [0.3, 0.4) is 0 Å². The first-order valence-corrected chi connectivity index (χ1v) is 10.5. The lowest BCUT2D eigenvalue weighted by atomic mass is 10.1. The Morgan fingerprint density at radius 2 is 1.89 bits per heavy atom. The van der Waals surface area contributed by atoms with Gasteiger partial charge < -0.3 is 9.64 Å². The molecule has 0 saturated carbocycles. The molecule has 2 heterocycles. The van der Waals surface area contributed by atoms with Gasteiger partial charge >= 0.3 is 0 Å². The molecular weight excluding hydrogens is 356 g/mol. The molecule has 0 N–H and O–H groups in total. The lowest BCUT2D eigenvalue weighted by molar-refractivity contribution is -0.132. The summed E-state index contributed by atoms with van der Waals surface area (Å²) in [6.07, 6.45) is 0.865. The Balaban J connectivity index is 1.22. The normalized spacial score (nSPS) is 19.7. The van der Waals surface area contributed by atoms with Crippen LogP contribution in [0.25, 0.3) is 0 Å². The second-order valence-electron chi connectivity index (χ2n) is 7.25. The number of ether oxygens (including phenoxy) is 1. The van der Waals surface area contributed by atoms with Crippen LogP contribution >= 0.6 is 11.8 Å². The van der Waals surface area contributed by atoms with Gasteiger partial charge in [0.05, 0.1) is 5.25 Å². The van der Waals surface area contributed by atoms with E-state index >= 15 is 0 Å². The summed E-state index contributed by atoms with van der Waals surface area (Å²) in [5.74, 6) is 1.22. The van der Waals surface area contributed by atoms with Gasteiger partial charge in [-0.25, -0.2) is 0 Å².